The fraction of sp³-hybridized carbons (Fsp3) is 0.500. The van der Waals surface area contributed by atoms with E-state index < -0.39 is 0 Å². The Morgan fingerprint density at radius 2 is 1.90 bits per heavy atom. The van der Waals surface area contributed by atoms with E-state index in [4.69, 9.17) is 9.73 Å². The predicted molar refractivity (Wildman–Crippen MR) is 138 cm³/mol. The first-order valence-corrected chi connectivity index (χ1v) is 11.0. The molecule has 7 heteroatoms. The maximum Gasteiger partial charge on any atom is 0.191 e. The molecule has 170 valence electrons. The Labute approximate surface area is 203 Å². The lowest BCUT2D eigenvalue weighted by atomic mass is 9.96. The van der Waals surface area contributed by atoms with E-state index in [9.17, 15) is 0 Å². The number of aromatic nitrogens is 1. The minimum Gasteiger partial charge on any atom is -0.497 e. The normalized spacial score (nSPS) is 15.2. The van der Waals surface area contributed by atoms with Crippen LogP contribution in [0.25, 0.3) is 0 Å². The molecule has 0 saturated carbocycles. The van der Waals surface area contributed by atoms with E-state index >= 15 is 0 Å². The monoisotopic (exact) mass is 537 g/mol. The topological polar surface area (TPSA) is 61.8 Å². The zero-order chi connectivity index (χ0) is 21.0. The third-order valence-corrected chi connectivity index (χ3v) is 5.52. The minimum atomic E-state index is 0. The smallest absolute Gasteiger partial charge is 0.191 e. The van der Waals surface area contributed by atoms with Gasteiger partial charge in [0.05, 0.1) is 7.11 Å². The molecule has 0 bridgehead atoms. The molecule has 1 aromatic heterocycles. The van der Waals surface area contributed by atoms with E-state index in [1.165, 1.54) is 18.4 Å². The number of piperidine rings is 1. The first kappa shape index (κ1) is 25.4. The Hall–Kier alpha value is -1.87. The molecule has 6 nitrogen and oxygen atoms in total. The average Bonchev–Trinajstić information content (AvgIpc) is 2.80. The molecule has 2 aromatic rings. The van der Waals surface area contributed by atoms with Gasteiger partial charge >= 0.3 is 0 Å². The van der Waals surface area contributed by atoms with E-state index in [2.05, 4.69) is 45.6 Å². The molecular weight excluding hydrogens is 501 g/mol. The van der Waals surface area contributed by atoms with Crippen molar-refractivity contribution in [3.63, 3.8) is 0 Å². The molecule has 31 heavy (non-hydrogen) atoms. The van der Waals surface area contributed by atoms with Crippen molar-refractivity contribution in [1.82, 2.24) is 20.5 Å². The van der Waals surface area contributed by atoms with Crippen LogP contribution >= 0.6 is 24.0 Å². The number of hydrogen-bond acceptors (Lipinski definition) is 4. The summed E-state index contributed by atoms with van der Waals surface area (Å²) in [5, 5.41) is 6.79. The summed E-state index contributed by atoms with van der Waals surface area (Å²) in [4.78, 5) is 11.8. The SMILES string of the molecule is CCNC(=NCC1CCN(Cc2ccc(OC)cc2)CC1)NCCc1ccccn1.I. The van der Waals surface area contributed by atoms with Gasteiger partial charge in [0.2, 0.25) is 0 Å². The summed E-state index contributed by atoms with van der Waals surface area (Å²) in [7, 11) is 1.71. The van der Waals surface area contributed by atoms with E-state index in [1.54, 1.807) is 7.11 Å². The molecule has 0 spiro atoms. The number of ether oxygens (including phenoxy) is 1. The molecule has 0 aliphatic carbocycles. The average molecular weight is 537 g/mol. The van der Waals surface area contributed by atoms with Crippen molar-refractivity contribution in [2.75, 3.05) is 39.8 Å². The first-order chi connectivity index (χ1) is 14.8. The van der Waals surface area contributed by atoms with Gasteiger partial charge in [-0.3, -0.25) is 14.9 Å². The number of guanidine groups is 1. The fourth-order valence-electron chi connectivity index (χ4n) is 3.73. The van der Waals surface area contributed by atoms with Gasteiger partial charge in [-0.25, -0.2) is 0 Å². The van der Waals surface area contributed by atoms with Crippen LogP contribution in [0.15, 0.2) is 53.7 Å². The number of hydrogen-bond donors (Lipinski definition) is 2. The van der Waals surface area contributed by atoms with Crippen LogP contribution in [-0.4, -0.2) is 55.7 Å². The second-order valence-electron chi connectivity index (χ2n) is 7.79. The van der Waals surface area contributed by atoms with Gasteiger partial charge in [0.25, 0.3) is 0 Å². The van der Waals surface area contributed by atoms with Gasteiger partial charge in [-0.1, -0.05) is 18.2 Å². The number of aliphatic imine (C=N–C) groups is 1. The fourth-order valence-corrected chi connectivity index (χ4v) is 3.73. The highest BCUT2D eigenvalue weighted by Gasteiger charge is 2.19. The standard InChI is InChI=1S/C24H35N5O.HI/c1-3-25-24(27-15-11-22-6-4-5-14-26-22)28-18-20-12-16-29(17-13-20)19-21-7-9-23(30-2)10-8-21;/h4-10,14,20H,3,11-13,15-19H2,1-2H3,(H2,25,27,28);1H. The van der Waals surface area contributed by atoms with E-state index in [-0.39, 0.29) is 24.0 Å². The summed E-state index contributed by atoms with van der Waals surface area (Å²) in [6, 6.07) is 14.4. The summed E-state index contributed by atoms with van der Waals surface area (Å²) in [5.74, 6) is 2.48. The third kappa shape index (κ3) is 9.03. The highest BCUT2D eigenvalue weighted by Crippen LogP contribution is 2.20. The molecule has 0 radical (unpaired) electrons. The lowest BCUT2D eigenvalue weighted by Crippen LogP contribution is -2.39. The molecule has 1 aliphatic heterocycles. The van der Waals surface area contributed by atoms with Crippen molar-refractivity contribution >= 4 is 29.9 Å². The Morgan fingerprint density at radius 1 is 1.13 bits per heavy atom. The summed E-state index contributed by atoms with van der Waals surface area (Å²) < 4.78 is 5.24. The van der Waals surface area contributed by atoms with Gasteiger partial charge in [0.1, 0.15) is 5.75 Å². The van der Waals surface area contributed by atoms with Gasteiger partial charge in [0.15, 0.2) is 5.96 Å². The zero-order valence-corrected chi connectivity index (χ0v) is 21.0. The van der Waals surface area contributed by atoms with Crippen molar-refractivity contribution in [3.8, 4) is 5.75 Å². The Bertz CT molecular complexity index is 761. The summed E-state index contributed by atoms with van der Waals surface area (Å²) in [6.45, 7) is 7.98. The molecule has 0 unspecified atom stereocenters. The van der Waals surface area contributed by atoms with Crippen LogP contribution in [0.5, 0.6) is 5.75 Å². The molecule has 1 aromatic carbocycles. The van der Waals surface area contributed by atoms with E-state index in [0.717, 1.165) is 63.1 Å². The van der Waals surface area contributed by atoms with E-state index in [0.29, 0.717) is 5.92 Å². The molecule has 0 atom stereocenters. The first-order valence-electron chi connectivity index (χ1n) is 11.0. The van der Waals surface area contributed by atoms with Crippen molar-refractivity contribution in [2.24, 2.45) is 10.9 Å². The number of methoxy groups -OCH3 is 1. The van der Waals surface area contributed by atoms with Gasteiger partial charge in [-0.05, 0) is 68.6 Å². The number of pyridine rings is 1. The largest absolute Gasteiger partial charge is 0.497 e. The third-order valence-electron chi connectivity index (χ3n) is 5.52. The Morgan fingerprint density at radius 3 is 2.55 bits per heavy atom. The van der Waals surface area contributed by atoms with Crippen molar-refractivity contribution in [2.45, 2.75) is 32.7 Å². The summed E-state index contributed by atoms with van der Waals surface area (Å²) in [5.41, 5.74) is 2.45. The number of rotatable bonds is 9. The minimum absolute atomic E-state index is 0. The van der Waals surface area contributed by atoms with Crippen LogP contribution in [-0.2, 0) is 13.0 Å². The van der Waals surface area contributed by atoms with Crippen LogP contribution in [0.1, 0.15) is 31.0 Å². The maximum atomic E-state index is 5.24. The van der Waals surface area contributed by atoms with Gasteiger partial charge in [-0.2, -0.15) is 0 Å². The molecule has 1 aliphatic rings. The highest BCUT2D eigenvalue weighted by atomic mass is 127. The number of likely N-dealkylation sites (tertiary alicyclic amines) is 1. The Balaban J connectivity index is 0.00000341. The summed E-state index contributed by atoms with van der Waals surface area (Å²) in [6.07, 6.45) is 5.14. The van der Waals surface area contributed by atoms with Gasteiger partial charge in [0, 0.05) is 44.5 Å². The van der Waals surface area contributed by atoms with E-state index in [1.807, 2.05) is 30.5 Å². The predicted octanol–water partition coefficient (Wildman–Crippen LogP) is 3.72. The lowest BCUT2D eigenvalue weighted by molar-refractivity contribution is 0.180. The molecule has 1 saturated heterocycles. The molecule has 0 amide bonds. The molecule has 3 rings (SSSR count). The molecule has 1 fully saturated rings. The molecule has 2 N–H and O–H groups in total. The van der Waals surface area contributed by atoms with Crippen molar-refractivity contribution in [1.29, 1.82) is 0 Å². The number of nitrogens with one attached hydrogen (secondary N) is 2. The molecular formula is C24H36IN5O. The Kier molecular flexibility index (Phi) is 11.7. The highest BCUT2D eigenvalue weighted by molar-refractivity contribution is 14.0. The maximum absolute atomic E-state index is 5.24. The van der Waals surface area contributed by atoms with Crippen LogP contribution in [0.2, 0.25) is 0 Å². The number of benzene rings is 1. The lowest BCUT2D eigenvalue weighted by Gasteiger charge is -2.31. The second kappa shape index (κ2) is 14.2. The van der Waals surface area contributed by atoms with Crippen LogP contribution in [0.4, 0.5) is 0 Å². The molecule has 2 heterocycles. The van der Waals surface area contributed by atoms with Crippen molar-refractivity contribution < 1.29 is 4.74 Å². The van der Waals surface area contributed by atoms with Gasteiger partial charge < -0.3 is 15.4 Å². The second-order valence-corrected chi connectivity index (χ2v) is 7.79. The van der Waals surface area contributed by atoms with Gasteiger partial charge in [-0.15, -0.1) is 24.0 Å². The van der Waals surface area contributed by atoms with Crippen LogP contribution < -0.4 is 15.4 Å². The van der Waals surface area contributed by atoms with Crippen LogP contribution in [0.3, 0.4) is 0 Å². The van der Waals surface area contributed by atoms with Crippen LogP contribution in [0, 0.1) is 5.92 Å². The number of nitrogens with zero attached hydrogens (tertiary/aromatic N) is 3. The summed E-state index contributed by atoms with van der Waals surface area (Å²) >= 11 is 0. The van der Waals surface area contributed by atoms with Crippen molar-refractivity contribution in [3.05, 3.63) is 59.9 Å². The zero-order valence-electron chi connectivity index (χ0n) is 18.7. The quantitative estimate of drug-likeness (QED) is 0.290. The number of halogens is 1.